The van der Waals surface area contributed by atoms with Gasteiger partial charge in [0.1, 0.15) is 4.90 Å². The Morgan fingerprint density at radius 1 is 1.15 bits per heavy atom. The van der Waals surface area contributed by atoms with Crippen molar-refractivity contribution in [2.75, 3.05) is 12.4 Å². The Morgan fingerprint density at radius 2 is 1.73 bits per heavy atom. The van der Waals surface area contributed by atoms with E-state index < -0.39 is 31.5 Å². The Bertz CT molecular complexity index is 857. The molecule has 0 heterocycles. The predicted octanol–water partition coefficient (Wildman–Crippen LogP) is 5.58. The standard InChI is InChI=1S/C14H13F5N2O4S/c1-25-14-6-9(12(21(23)24)7-13(14)22)8-20-10-2-4-11(5-3-10)26(15,16,17,18)19/h2-7,20,22H,8H2,1H3. The summed E-state index contributed by atoms with van der Waals surface area (Å²) in [7, 11) is -8.52. The molecule has 2 aromatic carbocycles. The minimum absolute atomic E-state index is 0.0383. The van der Waals surface area contributed by atoms with Gasteiger partial charge in [-0.1, -0.05) is 19.4 Å². The van der Waals surface area contributed by atoms with Gasteiger partial charge in [0, 0.05) is 12.2 Å². The van der Waals surface area contributed by atoms with E-state index in [0.29, 0.717) is 0 Å². The highest BCUT2D eigenvalue weighted by atomic mass is 32.5. The number of hydrogen-bond donors (Lipinski definition) is 2. The normalized spacial score (nSPS) is 14.2. The molecule has 0 bridgehead atoms. The number of aromatic hydroxyl groups is 1. The van der Waals surface area contributed by atoms with Crippen LogP contribution >= 0.6 is 10.2 Å². The van der Waals surface area contributed by atoms with Gasteiger partial charge in [-0.2, -0.15) is 0 Å². The molecule has 0 unspecified atom stereocenters. The van der Waals surface area contributed by atoms with Crippen LogP contribution in [0.15, 0.2) is 41.3 Å². The molecule has 12 heteroatoms. The minimum Gasteiger partial charge on any atom is -0.504 e. The van der Waals surface area contributed by atoms with Gasteiger partial charge in [0.15, 0.2) is 11.5 Å². The van der Waals surface area contributed by atoms with Crippen LogP contribution in [-0.4, -0.2) is 17.1 Å². The smallest absolute Gasteiger partial charge is 0.310 e. The van der Waals surface area contributed by atoms with Gasteiger partial charge >= 0.3 is 10.2 Å². The third-order valence-electron chi connectivity index (χ3n) is 3.36. The summed E-state index contributed by atoms with van der Waals surface area (Å²) in [5, 5.41) is 23.2. The van der Waals surface area contributed by atoms with Crippen molar-refractivity contribution in [1.82, 2.24) is 0 Å². The third-order valence-corrected chi connectivity index (χ3v) is 4.52. The van der Waals surface area contributed by atoms with E-state index in [1.165, 1.54) is 13.2 Å². The number of anilines is 1. The molecular weight excluding hydrogens is 387 g/mol. The molecule has 6 nitrogen and oxygen atoms in total. The molecule has 0 fully saturated rings. The van der Waals surface area contributed by atoms with Gasteiger partial charge in [-0.05, 0) is 30.3 Å². The number of nitrogens with one attached hydrogen (secondary N) is 1. The number of benzene rings is 2. The van der Waals surface area contributed by atoms with Gasteiger partial charge in [0.25, 0.3) is 5.69 Å². The molecule has 0 aromatic heterocycles. The van der Waals surface area contributed by atoms with Crippen molar-refractivity contribution in [1.29, 1.82) is 0 Å². The van der Waals surface area contributed by atoms with Crippen LogP contribution < -0.4 is 10.1 Å². The first kappa shape index (κ1) is 19.6. The Kier molecular flexibility index (Phi) is 4.23. The second kappa shape index (κ2) is 5.62. The van der Waals surface area contributed by atoms with Gasteiger partial charge < -0.3 is 15.2 Å². The maximum Gasteiger partial charge on any atom is 0.310 e. The van der Waals surface area contributed by atoms with Crippen LogP contribution in [0.1, 0.15) is 5.56 Å². The molecule has 0 radical (unpaired) electrons. The summed E-state index contributed by atoms with van der Waals surface area (Å²) >= 11 is 0. The molecule has 0 saturated heterocycles. The lowest BCUT2D eigenvalue weighted by Crippen LogP contribution is -2.07. The molecule has 2 aromatic rings. The first-order chi connectivity index (χ1) is 11.7. The number of rotatable bonds is 6. The van der Waals surface area contributed by atoms with Crippen LogP contribution in [0.4, 0.5) is 30.8 Å². The van der Waals surface area contributed by atoms with Crippen molar-refractivity contribution in [2.24, 2.45) is 0 Å². The van der Waals surface area contributed by atoms with E-state index in [1.807, 2.05) is 0 Å². The summed E-state index contributed by atoms with van der Waals surface area (Å²) in [5.41, 5.74) is -0.335. The average Bonchev–Trinajstić information content (AvgIpc) is 2.51. The number of hydrogen-bond acceptors (Lipinski definition) is 5. The van der Waals surface area contributed by atoms with Crippen LogP contribution in [-0.2, 0) is 6.54 Å². The van der Waals surface area contributed by atoms with Gasteiger partial charge in [-0.25, -0.2) is 0 Å². The number of nitrogens with zero attached hydrogens (tertiary/aromatic N) is 1. The number of ether oxygens (including phenoxy) is 1. The van der Waals surface area contributed by atoms with Crippen LogP contribution in [0.3, 0.4) is 0 Å². The fourth-order valence-corrected chi connectivity index (χ4v) is 2.75. The van der Waals surface area contributed by atoms with Crippen LogP contribution in [0.25, 0.3) is 0 Å². The van der Waals surface area contributed by atoms with E-state index in [-0.39, 0.29) is 35.7 Å². The van der Waals surface area contributed by atoms with E-state index >= 15 is 0 Å². The molecule has 0 spiro atoms. The zero-order chi connectivity index (χ0) is 19.8. The largest absolute Gasteiger partial charge is 0.504 e. The molecule has 0 aliphatic heterocycles. The summed E-state index contributed by atoms with van der Waals surface area (Å²) in [4.78, 5) is 8.24. The maximum absolute atomic E-state index is 12.7. The zero-order valence-corrected chi connectivity index (χ0v) is 13.9. The lowest BCUT2D eigenvalue weighted by molar-refractivity contribution is -0.385. The Balaban J connectivity index is 2.26. The summed E-state index contributed by atoms with van der Waals surface area (Å²) < 4.78 is 68.1. The molecular formula is C14H13F5N2O4S. The monoisotopic (exact) mass is 400 g/mol. The summed E-state index contributed by atoms with van der Waals surface area (Å²) in [6, 6.07) is 4.09. The van der Waals surface area contributed by atoms with Crippen molar-refractivity contribution in [2.45, 2.75) is 11.4 Å². The number of nitro benzene ring substituents is 1. The van der Waals surface area contributed by atoms with E-state index in [2.05, 4.69) is 5.32 Å². The van der Waals surface area contributed by atoms with Crippen LogP contribution in [0.2, 0.25) is 0 Å². The zero-order valence-electron chi connectivity index (χ0n) is 13.1. The summed E-state index contributed by atoms with van der Waals surface area (Å²) in [6.45, 7) is -0.220. The number of phenols is 1. The highest BCUT2D eigenvalue weighted by molar-refractivity contribution is 8.45. The van der Waals surface area contributed by atoms with Crippen molar-refractivity contribution < 1.29 is 34.2 Å². The lowest BCUT2D eigenvalue weighted by atomic mass is 10.1. The molecule has 26 heavy (non-hydrogen) atoms. The Morgan fingerprint density at radius 3 is 2.19 bits per heavy atom. The molecule has 144 valence electrons. The van der Waals surface area contributed by atoms with Crippen LogP contribution in [0, 0.1) is 10.1 Å². The van der Waals surface area contributed by atoms with E-state index in [9.17, 15) is 34.6 Å². The number of halogens is 5. The fraction of sp³-hybridized carbons (Fsp3) is 0.143. The molecule has 0 aliphatic rings. The topological polar surface area (TPSA) is 84.6 Å². The molecule has 0 saturated carbocycles. The maximum atomic E-state index is 12.7. The predicted molar refractivity (Wildman–Crippen MR) is 86.5 cm³/mol. The minimum atomic E-state index is -9.75. The van der Waals surface area contributed by atoms with E-state index in [0.717, 1.165) is 18.2 Å². The summed E-state index contributed by atoms with van der Waals surface area (Å²) in [5.74, 6) is -0.494. The Hall–Kier alpha value is -2.76. The fourth-order valence-electron chi connectivity index (χ4n) is 2.10. The molecule has 0 amide bonds. The Labute approximate surface area is 144 Å². The van der Waals surface area contributed by atoms with Crippen molar-refractivity contribution in [3.8, 4) is 11.5 Å². The van der Waals surface area contributed by atoms with E-state index in [1.54, 1.807) is 0 Å². The second-order valence-corrected chi connectivity index (χ2v) is 7.67. The SMILES string of the molecule is COc1cc(CNc2ccc(S(F)(F)(F)(F)F)cc2)c([N+](=O)[O-])cc1O. The lowest BCUT2D eigenvalue weighted by Gasteiger charge is -2.40. The average molecular weight is 400 g/mol. The number of phenolic OH excluding ortho intramolecular Hbond substituents is 1. The van der Waals surface area contributed by atoms with Gasteiger partial charge in [0.2, 0.25) is 0 Å². The van der Waals surface area contributed by atoms with Crippen molar-refractivity contribution in [3.63, 3.8) is 0 Å². The molecule has 2 N–H and O–H groups in total. The number of methoxy groups -OCH3 is 1. The first-order valence-electron chi connectivity index (χ1n) is 6.83. The molecule has 0 atom stereocenters. The third kappa shape index (κ3) is 4.45. The highest BCUT2D eigenvalue weighted by Crippen LogP contribution is 3.02. The quantitative estimate of drug-likeness (QED) is 0.376. The summed E-state index contributed by atoms with van der Waals surface area (Å²) in [6.07, 6.45) is 0. The molecule has 2 rings (SSSR count). The first-order valence-corrected chi connectivity index (χ1v) is 8.78. The molecule has 0 aliphatic carbocycles. The highest BCUT2D eigenvalue weighted by Gasteiger charge is 2.65. The van der Waals surface area contributed by atoms with E-state index in [4.69, 9.17) is 4.74 Å². The van der Waals surface area contributed by atoms with Gasteiger partial charge in [-0.3, -0.25) is 10.1 Å². The second-order valence-electron chi connectivity index (χ2n) is 5.26. The van der Waals surface area contributed by atoms with Gasteiger partial charge in [0.05, 0.1) is 23.7 Å². The van der Waals surface area contributed by atoms with Crippen molar-refractivity contribution >= 4 is 21.6 Å². The van der Waals surface area contributed by atoms with Crippen molar-refractivity contribution in [3.05, 3.63) is 52.1 Å². The number of nitro groups is 1. The van der Waals surface area contributed by atoms with Gasteiger partial charge in [-0.15, -0.1) is 0 Å². The van der Waals surface area contributed by atoms with Crippen LogP contribution in [0.5, 0.6) is 11.5 Å².